The van der Waals surface area contributed by atoms with Crippen molar-refractivity contribution in [1.82, 2.24) is 4.98 Å². The molecule has 1 unspecified atom stereocenters. The third-order valence-electron chi connectivity index (χ3n) is 2.01. The van der Waals surface area contributed by atoms with Crippen LogP contribution < -0.4 is 0 Å². The molecule has 0 saturated heterocycles. The molecule has 16 heavy (non-hydrogen) atoms. The van der Waals surface area contributed by atoms with Crippen molar-refractivity contribution in [3.05, 3.63) is 41.9 Å². The number of halogens is 3. The molecule has 0 fully saturated rings. The van der Waals surface area contributed by atoms with Gasteiger partial charge < -0.3 is 4.42 Å². The molecule has 0 aliphatic heterocycles. The van der Waals surface area contributed by atoms with Gasteiger partial charge in [-0.1, -0.05) is 0 Å². The lowest BCUT2D eigenvalue weighted by Crippen LogP contribution is -1.82. The minimum atomic E-state index is -0.660. The molecule has 0 bridgehead atoms. The zero-order chi connectivity index (χ0) is 11.7. The van der Waals surface area contributed by atoms with E-state index in [9.17, 15) is 8.78 Å². The second-order valence-electron chi connectivity index (χ2n) is 3.34. The Hall–Kier alpha value is -1.42. The van der Waals surface area contributed by atoms with Gasteiger partial charge in [0.15, 0.2) is 5.76 Å². The van der Waals surface area contributed by atoms with Crippen LogP contribution in [-0.2, 0) is 0 Å². The highest BCUT2D eigenvalue weighted by Crippen LogP contribution is 2.26. The summed E-state index contributed by atoms with van der Waals surface area (Å²) in [5, 5.41) is -0.382. The van der Waals surface area contributed by atoms with Crippen molar-refractivity contribution in [3.63, 3.8) is 0 Å². The fraction of sp³-hybridized carbons (Fsp3) is 0.182. The van der Waals surface area contributed by atoms with Crippen LogP contribution in [0.2, 0.25) is 0 Å². The molecule has 2 aromatic rings. The number of alkyl halides is 1. The molecule has 0 aliphatic rings. The predicted molar refractivity (Wildman–Crippen MR) is 56.1 cm³/mol. The highest BCUT2D eigenvalue weighted by molar-refractivity contribution is 6.20. The van der Waals surface area contributed by atoms with Gasteiger partial charge in [-0.3, -0.25) is 0 Å². The molecular formula is C11H8ClF2NO. The first kappa shape index (κ1) is 11.1. The average molecular weight is 244 g/mol. The van der Waals surface area contributed by atoms with E-state index in [4.69, 9.17) is 16.0 Å². The Bertz CT molecular complexity index is 490. The normalized spacial score (nSPS) is 12.8. The number of aromatic nitrogens is 1. The monoisotopic (exact) mass is 243 g/mol. The van der Waals surface area contributed by atoms with E-state index in [1.165, 1.54) is 18.3 Å². The minimum absolute atomic E-state index is 0.293. The maximum atomic E-state index is 13.0. The van der Waals surface area contributed by atoms with Gasteiger partial charge in [0.05, 0.1) is 6.20 Å². The SMILES string of the molecule is CC(Cl)c1ncc(-c2cc(F)cc(F)c2)o1. The Balaban J connectivity index is 2.42. The van der Waals surface area contributed by atoms with Crippen molar-refractivity contribution >= 4 is 11.6 Å². The quantitative estimate of drug-likeness (QED) is 0.747. The molecule has 0 aliphatic carbocycles. The first-order chi connectivity index (χ1) is 7.56. The number of rotatable bonds is 2. The standard InChI is InChI=1S/C11H8ClF2NO/c1-6(12)11-15-5-10(16-11)7-2-8(13)4-9(14)3-7/h2-6H,1H3. The Labute approximate surface area is 95.9 Å². The zero-order valence-electron chi connectivity index (χ0n) is 8.38. The number of benzene rings is 1. The molecule has 1 aromatic heterocycles. The van der Waals surface area contributed by atoms with Gasteiger partial charge >= 0.3 is 0 Å². The van der Waals surface area contributed by atoms with Gasteiger partial charge in [0.2, 0.25) is 5.89 Å². The molecule has 0 amide bonds. The Morgan fingerprint density at radius 1 is 1.25 bits per heavy atom. The molecular weight excluding hydrogens is 236 g/mol. The Morgan fingerprint density at radius 3 is 2.38 bits per heavy atom. The molecule has 0 N–H and O–H groups in total. The van der Waals surface area contributed by atoms with E-state index in [0.717, 1.165) is 6.07 Å². The molecule has 1 aromatic carbocycles. The van der Waals surface area contributed by atoms with Gasteiger partial charge in [-0.05, 0) is 19.1 Å². The second-order valence-corrected chi connectivity index (χ2v) is 3.99. The summed E-state index contributed by atoms with van der Waals surface area (Å²) in [7, 11) is 0. The molecule has 1 heterocycles. The smallest absolute Gasteiger partial charge is 0.212 e. The lowest BCUT2D eigenvalue weighted by Gasteiger charge is -1.98. The molecule has 84 valence electrons. The van der Waals surface area contributed by atoms with E-state index in [-0.39, 0.29) is 5.38 Å². The van der Waals surface area contributed by atoms with Gasteiger partial charge in [-0.15, -0.1) is 11.6 Å². The van der Waals surface area contributed by atoms with Crippen molar-refractivity contribution in [2.75, 3.05) is 0 Å². The van der Waals surface area contributed by atoms with Crippen LogP contribution in [0.3, 0.4) is 0 Å². The van der Waals surface area contributed by atoms with E-state index < -0.39 is 11.6 Å². The number of hydrogen-bond donors (Lipinski definition) is 0. The molecule has 0 radical (unpaired) electrons. The van der Waals surface area contributed by atoms with Crippen LogP contribution in [0, 0.1) is 11.6 Å². The van der Waals surface area contributed by atoms with Crippen LogP contribution in [0.15, 0.2) is 28.8 Å². The topological polar surface area (TPSA) is 26.0 Å². The van der Waals surface area contributed by atoms with Gasteiger partial charge in [0.25, 0.3) is 0 Å². The third kappa shape index (κ3) is 2.22. The van der Waals surface area contributed by atoms with E-state index in [2.05, 4.69) is 4.98 Å². The fourth-order valence-corrected chi connectivity index (χ4v) is 1.40. The van der Waals surface area contributed by atoms with E-state index >= 15 is 0 Å². The van der Waals surface area contributed by atoms with Gasteiger partial charge in [-0.25, -0.2) is 13.8 Å². The zero-order valence-corrected chi connectivity index (χ0v) is 9.13. The Morgan fingerprint density at radius 2 is 1.88 bits per heavy atom. The molecule has 0 saturated carbocycles. The van der Waals surface area contributed by atoms with E-state index in [1.807, 2.05) is 0 Å². The number of oxazole rings is 1. The largest absolute Gasteiger partial charge is 0.439 e. The summed E-state index contributed by atoms with van der Waals surface area (Å²) in [6.45, 7) is 1.70. The third-order valence-corrected chi connectivity index (χ3v) is 2.20. The lowest BCUT2D eigenvalue weighted by atomic mass is 10.2. The number of nitrogens with zero attached hydrogens (tertiary/aromatic N) is 1. The summed E-state index contributed by atoms with van der Waals surface area (Å²) in [4.78, 5) is 3.91. The Kier molecular flexibility index (Phi) is 2.92. The van der Waals surface area contributed by atoms with Crippen LogP contribution in [0.4, 0.5) is 8.78 Å². The minimum Gasteiger partial charge on any atom is -0.439 e. The maximum Gasteiger partial charge on any atom is 0.212 e. The fourth-order valence-electron chi connectivity index (χ4n) is 1.30. The number of hydrogen-bond acceptors (Lipinski definition) is 2. The summed E-state index contributed by atoms with van der Waals surface area (Å²) in [6.07, 6.45) is 1.39. The molecule has 1 atom stereocenters. The first-order valence-corrected chi connectivity index (χ1v) is 5.06. The summed E-state index contributed by atoms with van der Waals surface area (Å²) in [5.74, 6) is -0.707. The summed E-state index contributed by atoms with van der Waals surface area (Å²) in [5.41, 5.74) is 0.300. The summed E-state index contributed by atoms with van der Waals surface area (Å²) >= 11 is 5.76. The molecule has 2 rings (SSSR count). The van der Waals surface area contributed by atoms with Crippen LogP contribution >= 0.6 is 11.6 Å². The van der Waals surface area contributed by atoms with Gasteiger partial charge in [-0.2, -0.15) is 0 Å². The van der Waals surface area contributed by atoms with Crippen molar-refractivity contribution in [3.8, 4) is 11.3 Å². The van der Waals surface area contributed by atoms with Crippen molar-refractivity contribution in [1.29, 1.82) is 0 Å². The van der Waals surface area contributed by atoms with Crippen molar-refractivity contribution in [2.24, 2.45) is 0 Å². The van der Waals surface area contributed by atoms with Crippen molar-refractivity contribution in [2.45, 2.75) is 12.3 Å². The van der Waals surface area contributed by atoms with Gasteiger partial charge in [0.1, 0.15) is 17.0 Å². The molecule has 5 heteroatoms. The second kappa shape index (κ2) is 4.22. The highest BCUT2D eigenvalue weighted by Gasteiger charge is 2.12. The molecule has 0 spiro atoms. The van der Waals surface area contributed by atoms with Crippen LogP contribution in [0.5, 0.6) is 0 Å². The van der Waals surface area contributed by atoms with E-state index in [1.54, 1.807) is 6.92 Å². The van der Waals surface area contributed by atoms with Crippen LogP contribution in [0.25, 0.3) is 11.3 Å². The average Bonchev–Trinajstić information content (AvgIpc) is 2.64. The van der Waals surface area contributed by atoms with Crippen LogP contribution in [0.1, 0.15) is 18.2 Å². The molecule has 2 nitrogen and oxygen atoms in total. The predicted octanol–water partition coefficient (Wildman–Crippen LogP) is 3.92. The van der Waals surface area contributed by atoms with Crippen molar-refractivity contribution < 1.29 is 13.2 Å². The summed E-state index contributed by atoms with van der Waals surface area (Å²) < 4.78 is 31.2. The summed E-state index contributed by atoms with van der Waals surface area (Å²) in [6, 6.07) is 3.14. The maximum absolute atomic E-state index is 13.0. The van der Waals surface area contributed by atoms with E-state index in [0.29, 0.717) is 17.2 Å². The first-order valence-electron chi connectivity index (χ1n) is 4.62. The highest BCUT2D eigenvalue weighted by atomic mass is 35.5. The van der Waals surface area contributed by atoms with Gasteiger partial charge in [0, 0.05) is 11.6 Å². The lowest BCUT2D eigenvalue weighted by molar-refractivity contribution is 0.506. The van der Waals surface area contributed by atoms with Crippen LogP contribution in [-0.4, -0.2) is 4.98 Å².